The van der Waals surface area contributed by atoms with Gasteiger partial charge in [0.1, 0.15) is 0 Å². The van der Waals surface area contributed by atoms with E-state index < -0.39 is 0 Å². The topological polar surface area (TPSA) is 80.2 Å². The predicted octanol–water partition coefficient (Wildman–Crippen LogP) is 2.81. The molecule has 1 aromatic heterocycles. The molecule has 5 nitrogen and oxygen atoms in total. The Hall–Kier alpha value is -2.82. The van der Waals surface area contributed by atoms with E-state index in [1.165, 1.54) is 6.08 Å². The first-order valence-electron chi connectivity index (χ1n) is 6.75. The first-order chi connectivity index (χ1) is 10.4. The Balaban J connectivity index is 0.000000172. The molecule has 1 aromatic carbocycles. The van der Waals surface area contributed by atoms with E-state index in [0.717, 1.165) is 11.3 Å². The van der Waals surface area contributed by atoms with Crippen molar-refractivity contribution < 1.29 is 14.7 Å². The SMILES string of the molecule is CC1=CC(=O)c2ccccc2C1=O.Cc1cnc(O)nc1C. The van der Waals surface area contributed by atoms with Gasteiger partial charge in [0.05, 0.1) is 0 Å². The highest BCUT2D eigenvalue weighted by atomic mass is 16.3. The van der Waals surface area contributed by atoms with E-state index in [2.05, 4.69) is 9.97 Å². The fourth-order valence-electron chi connectivity index (χ4n) is 1.96. The zero-order chi connectivity index (χ0) is 16.3. The molecule has 22 heavy (non-hydrogen) atoms. The van der Waals surface area contributed by atoms with Gasteiger partial charge in [0.2, 0.25) is 0 Å². The average molecular weight is 296 g/mol. The fourth-order valence-corrected chi connectivity index (χ4v) is 1.96. The Morgan fingerprint density at radius 1 is 1.00 bits per heavy atom. The second kappa shape index (κ2) is 6.30. The third-order valence-electron chi connectivity index (χ3n) is 3.35. The third-order valence-corrected chi connectivity index (χ3v) is 3.35. The van der Waals surface area contributed by atoms with E-state index in [0.29, 0.717) is 16.7 Å². The van der Waals surface area contributed by atoms with Gasteiger partial charge in [-0.3, -0.25) is 9.59 Å². The first kappa shape index (κ1) is 15.6. The van der Waals surface area contributed by atoms with Crippen molar-refractivity contribution in [1.82, 2.24) is 9.97 Å². The summed E-state index contributed by atoms with van der Waals surface area (Å²) in [5.74, 6) is -0.122. The molecule has 0 unspecified atom stereocenters. The van der Waals surface area contributed by atoms with Gasteiger partial charge in [-0.1, -0.05) is 24.3 Å². The van der Waals surface area contributed by atoms with Gasteiger partial charge < -0.3 is 5.11 Å². The summed E-state index contributed by atoms with van der Waals surface area (Å²) in [4.78, 5) is 30.3. The van der Waals surface area contributed by atoms with E-state index in [9.17, 15) is 9.59 Å². The van der Waals surface area contributed by atoms with E-state index in [1.54, 1.807) is 37.4 Å². The number of fused-ring (bicyclic) bond motifs is 1. The van der Waals surface area contributed by atoms with E-state index >= 15 is 0 Å². The number of carbonyl (C=O) groups is 2. The lowest BCUT2D eigenvalue weighted by Crippen LogP contribution is -2.14. The number of Topliss-reactive ketones (excluding diaryl/α,β-unsaturated/α-hetero) is 1. The summed E-state index contributed by atoms with van der Waals surface area (Å²) in [6.45, 7) is 5.39. The number of benzene rings is 1. The molecule has 1 aliphatic rings. The minimum atomic E-state index is -0.155. The molecule has 0 spiro atoms. The number of carbonyl (C=O) groups excluding carboxylic acids is 2. The van der Waals surface area contributed by atoms with Crippen LogP contribution in [0, 0.1) is 13.8 Å². The molecule has 0 amide bonds. The van der Waals surface area contributed by atoms with E-state index in [-0.39, 0.29) is 17.6 Å². The summed E-state index contributed by atoms with van der Waals surface area (Å²) in [5, 5.41) is 8.72. The first-order valence-corrected chi connectivity index (χ1v) is 6.75. The number of nitrogens with zero attached hydrogens (tertiary/aromatic N) is 2. The molecule has 5 heteroatoms. The standard InChI is InChI=1S/C11H8O2.C6H8N2O/c1-7-6-10(12)8-4-2-3-5-9(8)11(7)13;1-4-3-7-6(9)8-5(4)2/h2-6H,1H3;3H,1-2H3,(H,7,8,9). The molecule has 0 bridgehead atoms. The van der Waals surface area contributed by atoms with Gasteiger partial charge in [0, 0.05) is 28.6 Å². The van der Waals surface area contributed by atoms with Crippen LogP contribution in [0.5, 0.6) is 6.01 Å². The van der Waals surface area contributed by atoms with Crippen molar-refractivity contribution in [2.24, 2.45) is 0 Å². The van der Waals surface area contributed by atoms with Crippen LogP contribution in [-0.2, 0) is 0 Å². The maximum atomic E-state index is 11.5. The van der Waals surface area contributed by atoms with Crippen LogP contribution in [0.1, 0.15) is 38.9 Å². The minimum Gasteiger partial charge on any atom is -0.479 e. The summed E-state index contributed by atoms with van der Waals surface area (Å²) in [5.41, 5.74) is 3.37. The van der Waals surface area contributed by atoms with E-state index in [4.69, 9.17) is 5.11 Å². The van der Waals surface area contributed by atoms with Crippen molar-refractivity contribution in [3.63, 3.8) is 0 Å². The molecule has 0 radical (unpaired) electrons. The van der Waals surface area contributed by atoms with Gasteiger partial charge in [-0.05, 0) is 32.4 Å². The molecule has 0 saturated carbocycles. The largest absolute Gasteiger partial charge is 0.479 e. The van der Waals surface area contributed by atoms with Crippen LogP contribution in [0.4, 0.5) is 0 Å². The second-order valence-corrected chi connectivity index (χ2v) is 5.00. The Bertz CT molecular complexity index is 779. The van der Waals surface area contributed by atoms with Crippen molar-refractivity contribution in [3.05, 3.63) is 64.5 Å². The Morgan fingerprint density at radius 3 is 2.23 bits per heavy atom. The summed E-state index contributed by atoms with van der Waals surface area (Å²) in [7, 11) is 0. The average Bonchev–Trinajstić information content (AvgIpc) is 2.50. The smallest absolute Gasteiger partial charge is 0.314 e. The minimum absolute atomic E-state index is 0.0461. The van der Waals surface area contributed by atoms with Gasteiger partial charge in [0.25, 0.3) is 0 Å². The van der Waals surface area contributed by atoms with Crippen molar-refractivity contribution in [3.8, 4) is 6.01 Å². The highest BCUT2D eigenvalue weighted by molar-refractivity contribution is 6.24. The second-order valence-electron chi connectivity index (χ2n) is 5.00. The van der Waals surface area contributed by atoms with Gasteiger partial charge in [0.15, 0.2) is 11.6 Å². The van der Waals surface area contributed by atoms with Crippen LogP contribution < -0.4 is 0 Å². The number of rotatable bonds is 0. The summed E-state index contributed by atoms with van der Waals surface area (Å²) in [6, 6.07) is 6.74. The van der Waals surface area contributed by atoms with Gasteiger partial charge in [-0.15, -0.1) is 0 Å². The zero-order valence-electron chi connectivity index (χ0n) is 12.6. The number of aromatic hydroxyl groups is 1. The van der Waals surface area contributed by atoms with Crippen LogP contribution in [0.25, 0.3) is 0 Å². The highest BCUT2D eigenvalue weighted by Gasteiger charge is 2.21. The fraction of sp³-hybridized carbons (Fsp3) is 0.176. The quantitative estimate of drug-likeness (QED) is 0.808. The number of allylic oxidation sites excluding steroid dienone is 2. The molecule has 112 valence electrons. The molecule has 1 N–H and O–H groups in total. The van der Waals surface area contributed by atoms with Crippen LogP contribution in [0.15, 0.2) is 42.1 Å². The molecule has 0 saturated heterocycles. The maximum Gasteiger partial charge on any atom is 0.314 e. The molecule has 0 atom stereocenters. The van der Waals surface area contributed by atoms with E-state index in [1.807, 2.05) is 13.8 Å². The zero-order valence-corrected chi connectivity index (χ0v) is 12.6. The Labute approximate surface area is 128 Å². The van der Waals surface area contributed by atoms with Gasteiger partial charge in [-0.2, -0.15) is 0 Å². The lowest BCUT2D eigenvalue weighted by atomic mass is 9.90. The molecule has 3 rings (SSSR count). The normalized spacial score (nSPS) is 13.0. The molecule has 1 heterocycles. The molecular formula is C17H16N2O3. The van der Waals surface area contributed by atoms with Crippen molar-refractivity contribution in [2.45, 2.75) is 20.8 Å². The van der Waals surface area contributed by atoms with Crippen LogP contribution in [0.2, 0.25) is 0 Å². The van der Waals surface area contributed by atoms with Crippen LogP contribution in [-0.4, -0.2) is 26.6 Å². The third kappa shape index (κ3) is 3.25. The van der Waals surface area contributed by atoms with Crippen molar-refractivity contribution in [1.29, 1.82) is 0 Å². The molecule has 2 aromatic rings. The number of ketones is 2. The number of hydrogen-bond acceptors (Lipinski definition) is 5. The summed E-state index contributed by atoms with van der Waals surface area (Å²) in [6.07, 6.45) is 2.99. The molecule has 0 aliphatic heterocycles. The van der Waals surface area contributed by atoms with Crippen LogP contribution in [0.3, 0.4) is 0 Å². The van der Waals surface area contributed by atoms with Crippen LogP contribution >= 0.6 is 0 Å². The molecule has 1 aliphatic carbocycles. The number of hydrogen-bond donors (Lipinski definition) is 1. The van der Waals surface area contributed by atoms with Gasteiger partial charge >= 0.3 is 6.01 Å². The summed E-state index contributed by atoms with van der Waals surface area (Å²) < 4.78 is 0. The number of aromatic nitrogens is 2. The highest BCUT2D eigenvalue weighted by Crippen LogP contribution is 2.20. The predicted molar refractivity (Wildman–Crippen MR) is 82.0 cm³/mol. The lowest BCUT2D eigenvalue weighted by molar-refractivity contribution is 0.0984. The van der Waals surface area contributed by atoms with Crippen molar-refractivity contribution in [2.75, 3.05) is 0 Å². The number of aryl methyl sites for hydroxylation is 2. The van der Waals surface area contributed by atoms with Gasteiger partial charge in [-0.25, -0.2) is 9.97 Å². The Kier molecular flexibility index (Phi) is 4.46. The molecular weight excluding hydrogens is 280 g/mol. The summed E-state index contributed by atoms with van der Waals surface area (Å²) >= 11 is 0. The van der Waals surface area contributed by atoms with Crippen molar-refractivity contribution >= 4 is 11.6 Å². The monoisotopic (exact) mass is 296 g/mol. The maximum absolute atomic E-state index is 11.5. The molecule has 0 fully saturated rings. The Morgan fingerprint density at radius 2 is 1.64 bits per heavy atom. The lowest BCUT2D eigenvalue weighted by Gasteiger charge is -2.11.